The van der Waals surface area contributed by atoms with E-state index >= 15 is 0 Å². The van der Waals surface area contributed by atoms with Crippen LogP contribution in [-0.2, 0) is 9.53 Å². The Hall–Kier alpha value is -1.27. The minimum Gasteiger partial charge on any atom is -0.463 e. The topological polar surface area (TPSA) is 46.5 Å². The Bertz CT molecular complexity index is 271. The fourth-order valence-electron chi connectivity index (χ4n) is 1.32. The van der Waals surface area contributed by atoms with E-state index in [4.69, 9.17) is 9.84 Å². The van der Waals surface area contributed by atoms with Gasteiger partial charge < -0.3 is 9.84 Å². The summed E-state index contributed by atoms with van der Waals surface area (Å²) in [7, 11) is 0. The normalized spacial score (nSPS) is 10.0. The van der Waals surface area contributed by atoms with Gasteiger partial charge in [0.15, 0.2) is 0 Å². The zero-order chi connectivity index (χ0) is 12.8. The van der Waals surface area contributed by atoms with E-state index in [2.05, 4.69) is 18.8 Å². The highest BCUT2D eigenvalue weighted by molar-refractivity contribution is 5.82. The average molecular weight is 238 g/mol. The lowest BCUT2D eigenvalue weighted by Crippen LogP contribution is -2.02. The Labute approximate surface area is 104 Å². The van der Waals surface area contributed by atoms with Gasteiger partial charge in [0.2, 0.25) is 0 Å². The van der Waals surface area contributed by atoms with E-state index in [1.165, 1.54) is 37.8 Å². The minimum absolute atomic E-state index is 0.197. The molecular weight excluding hydrogens is 216 g/mol. The summed E-state index contributed by atoms with van der Waals surface area (Å²) in [4.78, 5) is 11.1. The van der Waals surface area contributed by atoms with Crippen molar-refractivity contribution < 1.29 is 14.6 Å². The lowest BCUT2D eigenvalue weighted by Gasteiger charge is -2.01. The first-order chi connectivity index (χ1) is 8.31. The van der Waals surface area contributed by atoms with Gasteiger partial charge in [-0.3, -0.25) is 0 Å². The molecular formula is C14H22O3. The fourth-order valence-corrected chi connectivity index (χ4v) is 1.32. The van der Waals surface area contributed by atoms with Gasteiger partial charge in [-0.05, 0) is 12.5 Å². The molecule has 0 aliphatic heterocycles. The van der Waals surface area contributed by atoms with Gasteiger partial charge in [-0.1, -0.05) is 50.9 Å². The maximum atomic E-state index is 11.1. The van der Waals surface area contributed by atoms with Crippen molar-refractivity contribution in [1.82, 2.24) is 0 Å². The van der Waals surface area contributed by atoms with Crippen molar-refractivity contribution in [3.63, 3.8) is 0 Å². The van der Waals surface area contributed by atoms with Crippen LogP contribution in [0.3, 0.4) is 0 Å². The number of esters is 1. The zero-order valence-corrected chi connectivity index (χ0v) is 10.6. The first-order valence-electron chi connectivity index (χ1n) is 6.23. The average Bonchev–Trinajstić information content (AvgIpc) is 2.33. The Morgan fingerprint density at radius 2 is 1.94 bits per heavy atom. The number of aliphatic hydroxyl groups is 1. The smallest absolute Gasteiger partial charge is 0.331 e. The summed E-state index contributed by atoms with van der Waals surface area (Å²) in [6.07, 6.45) is 9.71. The van der Waals surface area contributed by atoms with Crippen LogP contribution in [0.25, 0.3) is 0 Å². The van der Waals surface area contributed by atoms with Crippen LogP contribution in [0.15, 0.2) is 12.2 Å². The molecule has 0 saturated carbocycles. The SMILES string of the molecule is CCCCCCCCOC(=O)/C=C/C#CCO. The van der Waals surface area contributed by atoms with Crippen molar-refractivity contribution in [2.45, 2.75) is 45.4 Å². The van der Waals surface area contributed by atoms with Crippen molar-refractivity contribution in [2.75, 3.05) is 13.2 Å². The van der Waals surface area contributed by atoms with Crippen LogP contribution in [0, 0.1) is 11.8 Å². The molecule has 0 aromatic carbocycles. The Morgan fingerprint density at radius 3 is 2.65 bits per heavy atom. The molecule has 3 heteroatoms. The van der Waals surface area contributed by atoms with Crippen LogP contribution in [0.2, 0.25) is 0 Å². The van der Waals surface area contributed by atoms with Crippen LogP contribution >= 0.6 is 0 Å². The molecule has 0 unspecified atom stereocenters. The number of unbranched alkanes of at least 4 members (excludes halogenated alkanes) is 5. The standard InChI is InChI=1S/C14H22O3/c1-2-3-4-5-6-10-13-17-14(16)11-8-7-9-12-15/h8,11,15H,2-6,10,12-13H2,1H3/b11-8+. The predicted octanol–water partition coefficient (Wildman–Crippen LogP) is 2.44. The van der Waals surface area contributed by atoms with Crippen LogP contribution in [0.4, 0.5) is 0 Å². The van der Waals surface area contributed by atoms with Gasteiger partial charge in [-0.15, -0.1) is 0 Å². The Kier molecular flexibility index (Phi) is 11.8. The first kappa shape index (κ1) is 15.7. The molecule has 0 bridgehead atoms. The molecule has 0 saturated heterocycles. The van der Waals surface area contributed by atoms with Crippen molar-refractivity contribution in [3.8, 4) is 11.8 Å². The van der Waals surface area contributed by atoms with Gasteiger partial charge in [0, 0.05) is 6.08 Å². The van der Waals surface area contributed by atoms with E-state index in [-0.39, 0.29) is 12.6 Å². The summed E-state index contributed by atoms with van der Waals surface area (Å²) in [6.45, 7) is 2.47. The molecule has 0 aromatic heterocycles. The molecule has 0 amide bonds. The van der Waals surface area contributed by atoms with E-state index in [1.807, 2.05) is 0 Å². The number of rotatable bonds is 8. The second kappa shape index (κ2) is 12.8. The Balaban J connectivity index is 3.36. The summed E-state index contributed by atoms with van der Waals surface area (Å²) >= 11 is 0. The van der Waals surface area contributed by atoms with Gasteiger partial charge in [0.25, 0.3) is 0 Å². The third kappa shape index (κ3) is 12.7. The molecule has 0 aliphatic rings. The molecule has 0 rings (SSSR count). The maximum absolute atomic E-state index is 11.1. The minimum atomic E-state index is -0.370. The van der Waals surface area contributed by atoms with E-state index in [0.717, 1.165) is 12.8 Å². The monoisotopic (exact) mass is 238 g/mol. The van der Waals surface area contributed by atoms with Gasteiger partial charge in [-0.2, -0.15) is 0 Å². The molecule has 96 valence electrons. The van der Waals surface area contributed by atoms with Gasteiger partial charge >= 0.3 is 5.97 Å². The Morgan fingerprint density at radius 1 is 1.24 bits per heavy atom. The molecule has 0 heterocycles. The predicted molar refractivity (Wildman–Crippen MR) is 68.3 cm³/mol. The van der Waals surface area contributed by atoms with Crippen molar-refractivity contribution in [2.24, 2.45) is 0 Å². The summed E-state index contributed by atoms with van der Waals surface area (Å²) in [5.74, 6) is 4.55. The van der Waals surface area contributed by atoms with E-state index in [9.17, 15) is 4.79 Å². The second-order valence-corrected chi connectivity index (χ2v) is 3.75. The molecule has 1 N–H and O–H groups in total. The molecule has 0 aromatic rings. The third-order valence-electron chi connectivity index (χ3n) is 2.23. The number of carbonyl (C=O) groups is 1. The first-order valence-corrected chi connectivity index (χ1v) is 6.23. The molecule has 0 aliphatic carbocycles. The molecule has 17 heavy (non-hydrogen) atoms. The second-order valence-electron chi connectivity index (χ2n) is 3.75. The van der Waals surface area contributed by atoms with Crippen LogP contribution in [0.1, 0.15) is 45.4 Å². The third-order valence-corrected chi connectivity index (χ3v) is 2.23. The van der Waals surface area contributed by atoms with E-state index in [1.54, 1.807) is 0 Å². The van der Waals surface area contributed by atoms with Gasteiger partial charge in [0.1, 0.15) is 6.61 Å². The molecule has 3 nitrogen and oxygen atoms in total. The summed E-state index contributed by atoms with van der Waals surface area (Å²) in [5, 5.41) is 8.37. The largest absolute Gasteiger partial charge is 0.463 e. The number of hydrogen-bond acceptors (Lipinski definition) is 3. The van der Waals surface area contributed by atoms with E-state index in [0.29, 0.717) is 6.61 Å². The molecule has 0 fully saturated rings. The lowest BCUT2D eigenvalue weighted by molar-refractivity contribution is -0.137. The van der Waals surface area contributed by atoms with Crippen molar-refractivity contribution in [3.05, 3.63) is 12.2 Å². The highest BCUT2D eigenvalue weighted by Crippen LogP contribution is 2.04. The number of ether oxygens (including phenoxy) is 1. The molecule has 0 atom stereocenters. The van der Waals surface area contributed by atoms with Crippen LogP contribution in [-0.4, -0.2) is 24.3 Å². The van der Waals surface area contributed by atoms with Gasteiger partial charge in [-0.25, -0.2) is 4.79 Å². The highest BCUT2D eigenvalue weighted by Gasteiger charge is 1.95. The van der Waals surface area contributed by atoms with Gasteiger partial charge in [0.05, 0.1) is 6.61 Å². The van der Waals surface area contributed by atoms with E-state index < -0.39 is 0 Å². The quantitative estimate of drug-likeness (QED) is 0.306. The lowest BCUT2D eigenvalue weighted by atomic mass is 10.1. The molecule has 0 radical (unpaired) electrons. The van der Waals surface area contributed by atoms with Crippen molar-refractivity contribution in [1.29, 1.82) is 0 Å². The van der Waals surface area contributed by atoms with Crippen molar-refractivity contribution >= 4 is 5.97 Å². The van der Waals surface area contributed by atoms with Crippen LogP contribution < -0.4 is 0 Å². The highest BCUT2D eigenvalue weighted by atomic mass is 16.5. The summed E-state index contributed by atoms with van der Waals surface area (Å²) < 4.78 is 4.97. The summed E-state index contributed by atoms with van der Waals surface area (Å²) in [6, 6.07) is 0. The van der Waals surface area contributed by atoms with Crippen LogP contribution in [0.5, 0.6) is 0 Å². The maximum Gasteiger partial charge on any atom is 0.331 e. The number of hydrogen-bond donors (Lipinski definition) is 1. The summed E-state index contributed by atoms with van der Waals surface area (Å²) in [5.41, 5.74) is 0. The number of aliphatic hydroxyl groups excluding tert-OH is 1. The number of carbonyl (C=O) groups excluding carboxylic acids is 1. The molecule has 0 spiro atoms. The zero-order valence-electron chi connectivity index (χ0n) is 10.6. The number of allylic oxidation sites excluding steroid dienone is 1. The fraction of sp³-hybridized carbons (Fsp3) is 0.643.